The fourth-order valence-electron chi connectivity index (χ4n) is 3.77. The van der Waals surface area contributed by atoms with E-state index in [9.17, 15) is 9.59 Å². The van der Waals surface area contributed by atoms with Gasteiger partial charge < -0.3 is 19.3 Å². The molecule has 1 aromatic heterocycles. The number of hydrogen-bond acceptors (Lipinski definition) is 5. The Hall–Kier alpha value is -3.03. The molecule has 2 aromatic carbocycles. The van der Waals surface area contributed by atoms with Crippen molar-refractivity contribution < 1.29 is 19.1 Å². The third kappa shape index (κ3) is 7.47. The molecule has 35 heavy (non-hydrogen) atoms. The predicted molar refractivity (Wildman–Crippen MR) is 141 cm³/mol. The minimum Gasteiger partial charge on any atom is -0.493 e. The highest BCUT2D eigenvalue weighted by atomic mass is 35.5. The number of carbonyl (C=O) groups is 2. The highest BCUT2D eigenvalue weighted by molar-refractivity contribution is 7.09. The molecule has 0 saturated heterocycles. The van der Waals surface area contributed by atoms with Gasteiger partial charge in [-0.05, 0) is 60.2 Å². The Labute approximate surface area is 216 Å². The first kappa shape index (κ1) is 26.6. The molecular formula is C27H31ClN2O4S. The van der Waals surface area contributed by atoms with Gasteiger partial charge in [-0.2, -0.15) is 0 Å². The lowest BCUT2D eigenvalue weighted by molar-refractivity contribution is -0.132. The van der Waals surface area contributed by atoms with Crippen molar-refractivity contribution >= 4 is 34.8 Å². The van der Waals surface area contributed by atoms with Gasteiger partial charge in [0.05, 0.1) is 20.8 Å². The topological polar surface area (TPSA) is 59.1 Å². The van der Waals surface area contributed by atoms with Crippen molar-refractivity contribution in [2.75, 3.05) is 33.9 Å². The summed E-state index contributed by atoms with van der Waals surface area (Å²) < 4.78 is 10.7. The number of carbonyl (C=O) groups excluding carboxylic acids is 2. The zero-order valence-electron chi connectivity index (χ0n) is 20.3. The maximum Gasteiger partial charge on any atom is 0.254 e. The van der Waals surface area contributed by atoms with E-state index < -0.39 is 0 Å². The van der Waals surface area contributed by atoms with Gasteiger partial charge in [0.2, 0.25) is 5.91 Å². The summed E-state index contributed by atoms with van der Waals surface area (Å²) in [5.41, 5.74) is 1.51. The van der Waals surface area contributed by atoms with Gasteiger partial charge in [-0.15, -0.1) is 11.3 Å². The molecule has 0 saturated carbocycles. The van der Waals surface area contributed by atoms with E-state index in [2.05, 4.69) is 0 Å². The number of nitrogens with zero attached hydrogens (tertiary/aromatic N) is 2. The van der Waals surface area contributed by atoms with Crippen LogP contribution in [0.4, 0.5) is 0 Å². The normalized spacial score (nSPS) is 10.6. The Morgan fingerprint density at radius 3 is 2.40 bits per heavy atom. The highest BCUT2D eigenvalue weighted by Crippen LogP contribution is 2.28. The van der Waals surface area contributed by atoms with Crippen LogP contribution in [0, 0.1) is 0 Å². The van der Waals surface area contributed by atoms with E-state index in [4.69, 9.17) is 21.1 Å². The Morgan fingerprint density at radius 1 is 0.943 bits per heavy atom. The number of ether oxygens (including phenoxy) is 2. The fraction of sp³-hybridized carbons (Fsp3) is 0.333. The van der Waals surface area contributed by atoms with Crippen molar-refractivity contribution in [3.63, 3.8) is 0 Å². The third-order valence-electron chi connectivity index (χ3n) is 5.58. The summed E-state index contributed by atoms with van der Waals surface area (Å²) >= 11 is 7.69. The molecule has 2 amide bonds. The number of benzene rings is 2. The second-order valence-electron chi connectivity index (χ2n) is 8.07. The molecule has 0 N–H and O–H groups in total. The van der Waals surface area contributed by atoms with Crippen LogP contribution >= 0.6 is 22.9 Å². The molecule has 0 atom stereocenters. The minimum absolute atomic E-state index is 0.0104. The minimum atomic E-state index is -0.196. The molecule has 0 unspecified atom stereocenters. The number of methoxy groups -OCH3 is 2. The monoisotopic (exact) mass is 514 g/mol. The van der Waals surface area contributed by atoms with E-state index in [0.717, 1.165) is 16.9 Å². The van der Waals surface area contributed by atoms with Gasteiger partial charge in [0.1, 0.15) is 6.54 Å². The predicted octanol–water partition coefficient (Wildman–Crippen LogP) is 5.54. The molecule has 0 fully saturated rings. The first-order valence-electron chi connectivity index (χ1n) is 11.5. The fourth-order valence-corrected chi connectivity index (χ4v) is 4.68. The molecular weight excluding hydrogens is 484 g/mol. The summed E-state index contributed by atoms with van der Waals surface area (Å²) in [6, 6.07) is 16.6. The van der Waals surface area contributed by atoms with Crippen molar-refractivity contribution in [2.24, 2.45) is 0 Å². The largest absolute Gasteiger partial charge is 0.493 e. The molecule has 0 spiro atoms. The van der Waals surface area contributed by atoms with Gasteiger partial charge in [-0.1, -0.05) is 36.7 Å². The first-order valence-corrected chi connectivity index (χ1v) is 12.8. The molecule has 0 aliphatic heterocycles. The van der Waals surface area contributed by atoms with E-state index in [1.54, 1.807) is 54.7 Å². The maximum atomic E-state index is 13.5. The number of hydrogen-bond donors (Lipinski definition) is 0. The van der Waals surface area contributed by atoms with Crippen LogP contribution in [-0.4, -0.2) is 55.5 Å². The number of amides is 2. The Balaban J connectivity index is 1.76. The quantitative estimate of drug-likeness (QED) is 0.318. The van der Waals surface area contributed by atoms with E-state index >= 15 is 0 Å². The molecule has 0 bridgehead atoms. The summed E-state index contributed by atoms with van der Waals surface area (Å²) in [5, 5.41) is 2.49. The maximum absolute atomic E-state index is 13.5. The summed E-state index contributed by atoms with van der Waals surface area (Å²) in [6.45, 7) is 3.49. The second kappa shape index (κ2) is 13.2. The summed E-state index contributed by atoms with van der Waals surface area (Å²) in [7, 11) is 3.21. The smallest absolute Gasteiger partial charge is 0.254 e. The van der Waals surface area contributed by atoms with Crippen LogP contribution in [0.15, 0.2) is 60.0 Å². The summed E-state index contributed by atoms with van der Waals surface area (Å²) in [5.74, 6) is 1.03. The number of rotatable bonds is 12. The molecule has 6 nitrogen and oxygen atoms in total. The molecule has 3 rings (SSSR count). The first-order chi connectivity index (χ1) is 16.9. The van der Waals surface area contributed by atoms with Gasteiger partial charge in [-0.3, -0.25) is 9.59 Å². The SMILES string of the molecule is CCCN(CC(=O)N(CCc1ccc(OC)c(OC)c1)Cc1cccs1)C(=O)c1cccc(Cl)c1. The van der Waals surface area contributed by atoms with E-state index in [1.165, 1.54) is 0 Å². The van der Waals surface area contributed by atoms with E-state index in [-0.39, 0.29) is 18.4 Å². The van der Waals surface area contributed by atoms with Crippen molar-refractivity contribution in [3.8, 4) is 11.5 Å². The lowest BCUT2D eigenvalue weighted by Crippen LogP contribution is -2.43. The Morgan fingerprint density at radius 2 is 1.74 bits per heavy atom. The molecule has 186 valence electrons. The second-order valence-corrected chi connectivity index (χ2v) is 9.54. The lowest BCUT2D eigenvalue weighted by atomic mass is 10.1. The zero-order valence-corrected chi connectivity index (χ0v) is 21.9. The Bertz CT molecular complexity index is 1120. The van der Waals surface area contributed by atoms with Crippen molar-refractivity contribution in [2.45, 2.75) is 26.3 Å². The zero-order chi connectivity index (χ0) is 25.2. The van der Waals surface area contributed by atoms with Gasteiger partial charge in [0.25, 0.3) is 5.91 Å². The molecule has 3 aromatic rings. The summed E-state index contributed by atoms with van der Waals surface area (Å²) in [4.78, 5) is 31.1. The molecule has 0 radical (unpaired) electrons. The molecule has 8 heteroatoms. The van der Waals surface area contributed by atoms with Crippen LogP contribution in [0.1, 0.15) is 34.1 Å². The standard InChI is InChI=1S/C27H31ClN2O4S/c1-4-13-30(27(32)21-7-5-8-22(28)17-21)19-26(31)29(18-23-9-6-15-35-23)14-12-20-10-11-24(33-2)25(16-20)34-3/h5-11,15-17H,4,12-14,18-19H2,1-3H3. The van der Waals surface area contributed by atoms with E-state index in [1.807, 2.05) is 47.5 Å². The van der Waals surface area contributed by atoms with Crippen molar-refractivity contribution in [1.82, 2.24) is 9.80 Å². The van der Waals surface area contributed by atoms with Crippen molar-refractivity contribution in [1.29, 1.82) is 0 Å². The van der Waals surface area contributed by atoms with Crippen LogP contribution in [0.25, 0.3) is 0 Å². The van der Waals surface area contributed by atoms with Gasteiger partial charge in [0, 0.05) is 28.6 Å². The lowest BCUT2D eigenvalue weighted by Gasteiger charge is -2.27. The average Bonchev–Trinajstić information content (AvgIpc) is 3.38. The number of halogens is 1. The highest BCUT2D eigenvalue weighted by Gasteiger charge is 2.22. The van der Waals surface area contributed by atoms with Crippen molar-refractivity contribution in [3.05, 3.63) is 81.0 Å². The van der Waals surface area contributed by atoms with Crippen LogP contribution in [0.3, 0.4) is 0 Å². The van der Waals surface area contributed by atoms with Gasteiger partial charge in [-0.25, -0.2) is 0 Å². The summed E-state index contributed by atoms with van der Waals surface area (Å²) in [6.07, 6.45) is 1.39. The average molecular weight is 515 g/mol. The molecule has 1 heterocycles. The molecule has 0 aliphatic carbocycles. The van der Waals surface area contributed by atoms with Crippen LogP contribution < -0.4 is 9.47 Å². The third-order valence-corrected chi connectivity index (χ3v) is 6.67. The van der Waals surface area contributed by atoms with Gasteiger partial charge >= 0.3 is 0 Å². The van der Waals surface area contributed by atoms with Crippen LogP contribution in [-0.2, 0) is 17.8 Å². The Kier molecular flexibility index (Phi) is 9.99. The van der Waals surface area contributed by atoms with Crippen LogP contribution in [0.2, 0.25) is 5.02 Å². The molecule has 0 aliphatic rings. The van der Waals surface area contributed by atoms with Gasteiger partial charge in [0.15, 0.2) is 11.5 Å². The van der Waals surface area contributed by atoms with E-state index in [0.29, 0.717) is 48.1 Å². The van der Waals surface area contributed by atoms with Crippen LogP contribution in [0.5, 0.6) is 11.5 Å². The number of thiophene rings is 1.